The van der Waals surface area contributed by atoms with E-state index in [2.05, 4.69) is 25.9 Å². The van der Waals surface area contributed by atoms with Crippen LogP contribution in [0.4, 0.5) is 0 Å². The van der Waals surface area contributed by atoms with Crippen molar-refractivity contribution in [1.29, 1.82) is 0 Å². The summed E-state index contributed by atoms with van der Waals surface area (Å²) in [4.78, 5) is 7.68. The lowest BCUT2D eigenvalue weighted by atomic mass is 10.7. The maximum atomic E-state index is 10.8. The minimum absolute atomic E-state index is 0.356. The molecule has 0 N–H and O–H groups in total. The van der Waals surface area contributed by atoms with E-state index in [1.165, 1.54) is 0 Å². The SMILES string of the molecule is CS(=O)c1nccc(Br)n1. The van der Waals surface area contributed by atoms with Crippen LogP contribution in [0, 0.1) is 0 Å². The molecule has 1 unspecified atom stereocenters. The first-order chi connectivity index (χ1) is 4.70. The predicted octanol–water partition coefficient (Wildman–Crippen LogP) is 0.977. The highest BCUT2D eigenvalue weighted by atomic mass is 79.9. The summed E-state index contributed by atoms with van der Waals surface area (Å²) in [5.74, 6) is 0. The Bertz CT molecular complexity index is 266. The average molecular weight is 221 g/mol. The van der Waals surface area contributed by atoms with Gasteiger partial charge in [0, 0.05) is 12.5 Å². The van der Waals surface area contributed by atoms with E-state index in [1.807, 2.05) is 0 Å². The first-order valence-electron chi connectivity index (χ1n) is 2.52. The molecule has 0 amide bonds. The Morgan fingerprint density at radius 3 is 2.80 bits per heavy atom. The molecule has 54 valence electrons. The second-order valence-electron chi connectivity index (χ2n) is 1.62. The molecule has 10 heavy (non-hydrogen) atoms. The van der Waals surface area contributed by atoms with E-state index in [1.54, 1.807) is 18.5 Å². The molecule has 1 atom stereocenters. The highest BCUT2D eigenvalue weighted by molar-refractivity contribution is 9.10. The maximum Gasteiger partial charge on any atom is 0.219 e. The van der Waals surface area contributed by atoms with Crippen molar-refractivity contribution in [2.75, 3.05) is 6.26 Å². The van der Waals surface area contributed by atoms with Crippen LogP contribution in [0.25, 0.3) is 0 Å². The topological polar surface area (TPSA) is 42.9 Å². The molecular formula is C5H5BrN2OS. The van der Waals surface area contributed by atoms with Gasteiger partial charge in [-0.1, -0.05) is 0 Å². The van der Waals surface area contributed by atoms with E-state index in [-0.39, 0.29) is 0 Å². The van der Waals surface area contributed by atoms with E-state index in [0.717, 1.165) is 0 Å². The summed E-state index contributed by atoms with van der Waals surface area (Å²) in [6.07, 6.45) is 3.11. The van der Waals surface area contributed by atoms with Crippen LogP contribution < -0.4 is 0 Å². The molecule has 0 saturated heterocycles. The Labute approximate surface area is 69.5 Å². The number of hydrogen-bond donors (Lipinski definition) is 0. The van der Waals surface area contributed by atoms with Gasteiger partial charge in [-0.15, -0.1) is 0 Å². The minimum atomic E-state index is -1.09. The number of hydrogen-bond acceptors (Lipinski definition) is 3. The molecule has 0 spiro atoms. The van der Waals surface area contributed by atoms with Crippen molar-refractivity contribution in [2.24, 2.45) is 0 Å². The van der Waals surface area contributed by atoms with Crippen LogP contribution in [0.2, 0.25) is 0 Å². The fraction of sp³-hybridized carbons (Fsp3) is 0.200. The summed E-state index contributed by atoms with van der Waals surface area (Å²) in [6, 6.07) is 1.69. The highest BCUT2D eigenvalue weighted by Gasteiger charge is 1.99. The van der Waals surface area contributed by atoms with Crippen LogP contribution in [0.1, 0.15) is 0 Å². The molecule has 1 heterocycles. The molecule has 1 aromatic rings. The molecule has 5 heteroatoms. The third-order valence-corrected chi connectivity index (χ3v) is 2.01. The fourth-order valence-corrected chi connectivity index (χ4v) is 1.30. The molecular weight excluding hydrogens is 216 g/mol. The third-order valence-electron chi connectivity index (χ3n) is 0.857. The number of aromatic nitrogens is 2. The Morgan fingerprint density at radius 1 is 1.70 bits per heavy atom. The molecule has 0 aliphatic heterocycles. The van der Waals surface area contributed by atoms with Gasteiger partial charge in [-0.3, -0.25) is 4.21 Å². The fourth-order valence-electron chi connectivity index (χ4n) is 0.459. The standard InChI is InChI=1S/C5H5BrN2OS/c1-10(9)5-7-3-2-4(6)8-5/h2-3H,1H3. The van der Waals surface area contributed by atoms with Gasteiger partial charge in [-0.05, 0) is 22.0 Å². The quantitative estimate of drug-likeness (QED) is 0.524. The van der Waals surface area contributed by atoms with Gasteiger partial charge in [0.15, 0.2) is 0 Å². The van der Waals surface area contributed by atoms with Crippen molar-refractivity contribution in [2.45, 2.75) is 5.16 Å². The van der Waals surface area contributed by atoms with Gasteiger partial charge in [-0.2, -0.15) is 0 Å². The van der Waals surface area contributed by atoms with Gasteiger partial charge in [-0.25, -0.2) is 9.97 Å². The van der Waals surface area contributed by atoms with Crippen LogP contribution >= 0.6 is 15.9 Å². The van der Waals surface area contributed by atoms with Crippen LogP contribution in [-0.4, -0.2) is 20.4 Å². The van der Waals surface area contributed by atoms with Crippen molar-refractivity contribution in [3.05, 3.63) is 16.9 Å². The zero-order chi connectivity index (χ0) is 7.56. The second kappa shape index (κ2) is 3.21. The van der Waals surface area contributed by atoms with Crippen LogP contribution in [0.3, 0.4) is 0 Å². The first kappa shape index (κ1) is 7.81. The summed E-state index contributed by atoms with van der Waals surface area (Å²) in [5.41, 5.74) is 0. The normalized spacial score (nSPS) is 13.0. The lowest BCUT2D eigenvalue weighted by Gasteiger charge is -1.92. The van der Waals surface area contributed by atoms with Crippen molar-refractivity contribution in [3.8, 4) is 0 Å². The van der Waals surface area contributed by atoms with Crippen molar-refractivity contribution < 1.29 is 4.21 Å². The molecule has 1 rings (SSSR count). The smallest absolute Gasteiger partial charge is 0.219 e. The second-order valence-corrected chi connectivity index (χ2v) is 3.70. The number of nitrogens with zero attached hydrogens (tertiary/aromatic N) is 2. The largest absolute Gasteiger partial charge is 0.251 e. The third kappa shape index (κ3) is 1.85. The van der Waals surface area contributed by atoms with Gasteiger partial charge >= 0.3 is 0 Å². The Morgan fingerprint density at radius 2 is 2.40 bits per heavy atom. The zero-order valence-corrected chi connectivity index (χ0v) is 7.65. The molecule has 0 aromatic carbocycles. The first-order valence-corrected chi connectivity index (χ1v) is 4.87. The number of halogens is 1. The van der Waals surface area contributed by atoms with Gasteiger partial charge in [0.2, 0.25) is 5.16 Å². The lowest BCUT2D eigenvalue weighted by Crippen LogP contribution is -1.95. The van der Waals surface area contributed by atoms with Gasteiger partial charge < -0.3 is 0 Å². The van der Waals surface area contributed by atoms with Gasteiger partial charge in [0.1, 0.15) is 4.60 Å². The summed E-state index contributed by atoms with van der Waals surface area (Å²) >= 11 is 3.14. The molecule has 0 radical (unpaired) electrons. The van der Waals surface area contributed by atoms with Crippen molar-refractivity contribution in [1.82, 2.24) is 9.97 Å². The van der Waals surface area contributed by atoms with Crippen LogP contribution in [-0.2, 0) is 10.8 Å². The molecule has 0 saturated carbocycles. The number of rotatable bonds is 1. The summed E-state index contributed by atoms with van der Waals surface area (Å²) in [7, 11) is -1.09. The van der Waals surface area contributed by atoms with Crippen LogP contribution in [0.5, 0.6) is 0 Å². The average Bonchev–Trinajstić information content (AvgIpc) is 1.88. The molecule has 1 aromatic heterocycles. The van der Waals surface area contributed by atoms with Crippen LogP contribution in [0.15, 0.2) is 22.0 Å². The molecule has 0 bridgehead atoms. The van der Waals surface area contributed by atoms with E-state index in [0.29, 0.717) is 9.76 Å². The monoisotopic (exact) mass is 220 g/mol. The molecule has 3 nitrogen and oxygen atoms in total. The maximum absolute atomic E-state index is 10.8. The van der Waals surface area contributed by atoms with E-state index < -0.39 is 10.8 Å². The highest BCUT2D eigenvalue weighted by Crippen LogP contribution is 2.04. The Hall–Kier alpha value is -0.290. The summed E-state index contributed by atoms with van der Waals surface area (Å²) in [6.45, 7) is 0. The Balaban J connectivity index is 3.07. The van der Waals surface area contributed by atoms with Gasteiger partial charge in [0.25, 0.3) is 0 Å². The van der Waals surface area contributed by atoms with Crippen molar-refractivity contribution >= 4 is 26.7 Å². The predicted molar refractivity (Wildman–Crippen MR) is 42.1 cm³/mol. The minimum Gasteiger partial charge on any atom is -0.251 e. The lowest BCUT2D eigenvalue weighted by molar-refractivity contribution is 0.679. The van der Waals surface area contributed by atoms with Crippen molar-refractivity contribution in [3.63, 3.8) is 0 Å². The van der Waals surface area contributed by atoms with E-state index in [9.17, 15) is 4.21 Å². The van der Waals surface area contributed by atoms with E-state index in [4.69, 9.17) is 0 Å². The molecule has 0 aliphatic rings. The van der Waals surface area contributed by atoms with Gasteiger partial charge in [0.05, 0.1) is 10.8 Å². The molecule has 0 fully saturated rings. The molecule has 0 aliphatic carbocycles. The summed E-state index contributed by atoms with van der Waals surface area (Å²) in [5, 5.41) is 0.356. The zero-order valence-electron chi connectivity index (χ0n) is 5.24. The van der Waals surface area contributed by atoms with E-state index >= 15 is 0 Å². The Kier molecular flexibility index (Phi) is 2.50. The summed E-state index contributed by atoms with van der Waals surface area (Å²) < 4.78 is 11.4.